The molecule has 0 radical (unpaired) electrons. The molecule has 0 aromatic heterocycles. The molecule has 0 N–H and O–H groups in total. The third kappa shape index (κ3) is 42.1. The van der Waals surface area contributed by atoms with Gasteiger partial charge >= 0.3 is 0 Å². The van der Waals surface area contributed by atoms with Crippen LogP contribution in [-0.4, -0.2) is 0 Å². The summed E-state index contributed by atoms with van der Waals surface area (Å²) in [5.41, 5.74) is 9.27. The number of allylic oxidation sites excluding steroid dienone is 10. The van der Waals surface area contributed by atoms with Crippen molar-refractivity contribution in [3.8, 4) is 0 Å². The summed E-state index contributed by atoms with van der Waals surface area (Å²) in [6.07, 6.45) is 128. The normalized spacial score (nSPS) is 33.0. The van der Waals surface area contributed by atoms with Crippen LogP contribution in [0, 0.1) is 130 Å². The summed E-state index contributed by atoms with van der Waals surface area (Å²) in [5.74, 6) is 24.8. The predicted molar refractivity (Wildman–Crippen MR) is 614 cm³/mol. The summed E-state index contributed by atoms with van der Waals surface area (Å²) in [5, 5.41) is 0. The van der Waals surface area contributed by atoms with E-state index in [0.717, 1.165) is 83.9 Å². The van der Waals surface area contributed by atoms with Gasteiger partial charge in [-0.25, -0.2) is 0 Å². The molecule has 3 aromatic carbocycles. The zero-order chi connectivity index (χ0) is 81.2. The van der Waals surface area contributed by atoms with Gasteiger partial charge in [-0.1, -0.05) is 552 Å². The molecule has 0 spiro atoms. The molecule has 20 atom stereocenters. The highest BCUT2D eigenvalue weighted by molar-refractivity contribution is 5.34. The third-order valence-corrected chi connectivity index (χ3v) is 37.2. The van der Waals surface area contributed by atoms with Gasteiger partial charge < -0.3 is 0 Å². The molecule has 25 aliphatic rings. The highest BCUT2D eigenvalue weighted by atomic mass is 14.5. The maximum Gasteiger partial charge on any atom is -0.00945 e. The van der Waals surface area contributed by atoms with Crippen LogP contribution in [0.15, 0.2) is 134 Å². The predicted octanol–water partition coefficient (Wildman–Crippen LogP) is 44.7. The van der Waals surface area contributed by atoms with E-state index in [0.29, 0.717) is 0 Å². The molecule has 19 saturated carbocycles. The molecule has 134 heavy (non-hydrogen) atoms. The van der Waals surface area contributed by atoms with Gasteiger partial charge in [-0.05, 0) is 298 Å². The highest BCUT2D eigenvalue weighted by Gasteiger charge is 2.42. The molecular weight excluding hydrogens is 1610 g/mol. The Labute approximate surface area is 844 Å². The summed E-state index contributed by atoms with van der Waals surface area (Å²) < 4.78 is 0. The molecule has 776 valence electrons. The SMILES string of the molecule is C.C.C.C.C.C.C.C.C.C.C.C.C.C.C1=CC2CC2C1.C1=CC2CCC2C=C1.C1=CC2CCCC12.C1=CCc2ccccc2C1.C1CC2CC2C1.C1CC2CCC2C1.C1CCC2CC2C1.C1CCC2CCC2C1.C1CCC2CCCC2C1.C1CCC2CCCCC2C1.C1CCC2CCCCC2CC1.C1CCCC2CCCCC2CC1.c1ccc2c(c1)CCC2.c1ccc2c(c1)CCCC2. The first-order valence-electron chi connectivity index (χ1n) is 55.1. The Morgan fingerprint density at radius 1 is 0.142 bits per heavy atom. The van der Waals surface area contributed by atoms with Gasteiger partial charge in [0.2, 0.25) is 0 Å². The monoisotopic (exact) mass is 1850 g/mol. The molecule has 0 heteroatoms. The van der Waals surface area contributed by atoms with Crippen molar-refractivity contribution in [2.45, 2.75) is 553 Å². The van der Waals surface area contributed by atoms with Gasteiger partial charge in [-0.3, -0.25) is 0 Å². The smallest absolute Gasteiger partial charge is 0.00945 e. The highest BCUT2D eigenvalue weighted by Crippen LogP contribution is 2.53. The number of hydrogen-bond acceptors (Lipinski definition) is 0. The van der Waals surface area contributed by atoms with Crippen molar-refractivity contribution in [2.24, 2.45) is 130 Å². The second kappa shape index (κ2) is 71.7. The molecule has 0 heterocycles. The van der Waals surface area contributed by atoms with Crippen LogP contribution in [0.3, 0.4) is 0 Å². The molecular formula is C134H240. The molecule has 28 rings (SSSR count). The first-order valence-corrected chi connectivity index (χ1v) is 55.1. The Hall–Kier alpha value is -3.64. The second-order valence-corrected chi connectivity index (χ2v) is 45.1. The van der Waals surface area contributed by atoms with E-state index in [1.807, 2.05) is 0 Å². The Morgan fingerprint density at radius 2 is 0.358 bits per heavy atom. The fraction of sp³-hybridized carbons (Fsp3) is 0.791. The van der Waals surface area contributed by atoms with Crippen molar-refractivity contribution in [1.29, 1.82) is 0 Å². The minimum absolute atomic E-state index is 0. The lowest BCUT2D eigenvalue weighted by molar-refractivity contribution is 0.115. The molecule has 0 aliphatic heterocycles. The quantitative estimate of drug-likeness (QED) is 0.197. The van der Waals surface area contributed by atoms with Gasteiger partial charge in [0.25, 0.3) is 0 Å². The Bertz CT molecular complexity index is 3260. The number of aryl methyl sites for hydroxylation is 4. The molecule has 20 unspecified atom stereocenters. The van der Waals surface area contributed by atoms with E-state index in [4.69, 9.17) is 0 Å². The van der Waals surface area contributed by atoms with Crippen molar-refractivity contribution in [3.63, 3.8) is 0 Å². The van der Waals surface area contributed by atoms with Crippen LogP contribution in [0.2, 0.25) is 0 Å². The van der Waals surface area contributed by atoms with E-state index in [1.165, 1.54) is 314 Å². The zero-order valence-corrected chi connectivity index (χ0v) is 77.9. The summed E-state index contributed by atoms with van der Waals surface area (Å²) >= 11 is 0. The average molecular weight is 1850 g/mol. The lowest BCUT2D eigenvalue weighted by atomic mass is 9.66. The first kappa shape index (κ1) is 128. The summed E-state index contributed by atoms with van der Waals surface area (Å²) in [4.78, 5) is 0. The van der Waals surface area contributed by atoms with Crippen LogP contribution >= 0.6 is 0 Å². The topological polar surface area (TPSA) is 0 Å². The molecule has 3 aromatic rings. The minimum atomic E-state index is 0. The summed E-state index contributed by atoms with van der Waals surface area (Å²) in [6.45, 7) is 0. The zero-order valence-electron chi connectivity index (χ0n) is 77.9. The lowest BCUT2D eigenvalue weighted by Gasteiger charge is -2.40. The number of fused-ring (bicyclic) bond motifs is 14. The lowest BCUT2D eigenvalue weighted by Crippen LogP contribution is -2.28. The maximum atomic E-state index is 2.36. The van der Waals surface area contributed by atoms with Crippen molar-refractivity contribution < 1.29 is 0 Å². The van der Waals surface area contributed by atoms with E-state index in [1.54, 1.807) is 215 Å². The molecule has 25 aliphatic carbocycles. The van der Waals surface area contributed by atoms with Crippen LogP contribution in [0.4, 0.5) is 0 Å². The van der Waals surface area contributed by atoms with Gasteiger partial charge in [0.05, 0.1) is 0 Å². The van der Waals surface area contributed by atoms with E-state index in [-0.39, 0.29) is 104 Å². The summed E-state index contributed by atoms with van der Waals surface area (Å²) in [7, 11) is 0. The van der Waals surface area contributed by atoms with Crippen LogP contribution in [0.25, 0.3) is 0 Å². The van der Waals surface area contributed by atoms with Crippen LogP contribution in [-0.2, 0) is 38.5 Å². The van der Waals surface area contributed by atoms with E-state index >= 15 is 0 Å². The van der Waals surface area contributed by atoms with Crippen molar-refractivity contribution in [1.82, 2.24) is 0 Å². The Balaban J connectivity index is 0.000000718. The number of benzene rings is 3. The van der Waals surface area contributed by atoms with E-state index < -0.39 is 0 Å². The average Bonchev–Trinajstić information content (AvgIpc) is 1.68. The van der Waals surface area contributed by atoms with Crippen LogP contribution in [0.1, 0.15) is 548 Å². The minimum Gasteiger partial charge on any atom is -0.0880 e. The van der Waals surface area contributed by atoms with Gasteiger partial charge in [-0.15, -0.1) is 0 Å². The van der Waals surface area contributed by atoms with Crippen molar-refractivity contribution in [2.75, 3.05) is 0 Å². The van der Waals surface area contributed by atoms with Crippen LogP contribution in [0.5, 0.6) is 0 Å². The molecule has 0 nitrogen and oxygen atoms in total. The third-order valence-electron chi connectivity index (χ3n) is 37.2. The van der Waals surface area contributed by atoms with E-state index in [2.05, 4.69) is 134 Å². The van der Waals surface area contributed by atoms with E-state index in [9.17, 15) is 0 Å². The second-order valence-electron chi connectivity index (χ2n) is 45.1. The first-order chi connectivity index (χ1) is 59.5. The van der Waals surface area contributed by atoms with Gasteiger partial charge in [0.1, 0.15) is 0 Å². The van der Waals surface area contributed by atoms with Gasteiger partial charge in [-0.2, -0.15) is 0 Å². The maximum absolute atomic E-state index is 2.36. The molecule has 0 saturated heterocycles. The molecule has 0 bridgehead atoms. The number of rotatable bonds is 0. The Morgan fingerprint density at radius 3 is 0.567 bits per heavy atom. The fourth-order valence-electron chi connectivity index (χ4n) is 28.4. The van der Waals surface area contributed by atoms with Crippen molar-refractivity contribution >= 4 is 0 Å². The summed E-state index contributed by atoms with van der Waals surface area (Å²) in [6, 6.07) is 26.2. The molecule has 19 fully saturated rings. The van der Waals surface area contributed by atoms with Gasteiger partial charge in [0.15, 0.2) is 0 Å². The fourth-order valence-corrected chi connectivity index (χ4v) is 28.4. The standard InChI is InChI=1S/C12H22.C11H20.C10H18.C10H12.C10H10.C9H16.C9H10.C8H14.C8H10.C7H12.C7H10.C7H12.C6H10.C6H8.14CH4/c1-2-4-8-12-10-6-5-9-11(12)7-3-1;1-2-6-10-8-4-5-9-11(10)7-3-1;3*1-2-6-10-8-4-3-7-9(10)5-1;2*1-2-5-9-7-3-6-8(9)4-1;2*1-2-4-8-6-5-7(8)3-1;2*1-2-6-4-5-7(6)3-1;1-2-4-7-5-6(7)3-1;2*1-2-5-4-6(5)3-1;;;;;;;;;;;;;;/h11-12H,1-10H2;10-11H,1-9H2;9-10H,1-8H2;1-2,5-6H,3-4,7-8H2;1-6H,7-8H2;8-9H,1-7H2;1-2,4-5H,3,6-7H2;7-8H,1-6H2;1-4,7-8H,5-6H2;6-7H,1-5H2;4-7H,1-3H2;6-7H,1-5H2;5-6H,1-4H2;1-2,5-6H,3-4H2;14*1H4. The van der Waals surface area contributed by atoms with Crippen molar-refractivity contribution in [3.05, 3.63) is 167 Å². The van der Waals surface area contributed by atoms with Crippen LogP contribution < -0.4 is 0 Å². The Kier molecular flexibility index (Phi) is 68.7. The molecule has 0 amide bonds. The number of hydrogen-bond donors (Lipinski definition) is 0. The largest absolute Gasteiger partial charge is 0.0880 e. The van der Waals surface area contributed by atoms with Gasteiger partial charge in [0, 0.05) is 0 Å².